The normalized spacial score (nSPS) is 20.5. The molecule has 1 unspecified atom stereocenters. The number of rotatable bonds is 4. The van der Waals surface area contributed by atoms with Gasteiger partial charge in [-0.05, 0) is 24.1 Å². The van der Waals surface area contributed by atoms with Crippen LogP contribution in [0, 0.1) is 0 Å². The molecule has 0 saturated carbocycles. The first-order chi connectivity index (χ1) is 7.40. The minimum atomic E-state index is 0.0538. The van der Waals surface area contributed by atoms with Crippen LogP contribution in [-0.4, -0.2) is 31.5 Å². The Labute approximate surface area is 89.6 Å². The van der Waals surface area contributed by atoms with Crippen LogP contribution >= 0.6 is 0 Å². The van der Waals surface area contributed by atoms with Gasteiger partial charge in [0.15, 0.2) is 0 Å². The third-order valence-corrected chi connectivity index (χ3v) is 2.64. The van der Waals surface area contributed by atoms with E-state index in [9.17, 15) is 0 Å². The van der Waals surface area contributed by atoms with Gasteiger partial charge in [0, 0.05) is 12.5 Å². The average molecular weight is 208 g/mol. The highest BCUT2D eigenvalue weighted by molar-refractivity contribution is 5.29. The Morgan fingerprint density at radius 1 is 1.33 bits per heavy atom. The molecule has 1 aromatic rings. The van der Waals surface area contributed by atoms with E-state index in [1.165, 1.54) is 5.56 Å². The highest BCUT2D eigenvalue weighted by Gasteiger charge is 2.17. The van der Waals surface area contributed by atoms with Crippen molar-refractivity contribution in [2.24, 2.45) is 0 Å². The van der Waals surface area contributed by atoms with Crippen LogP contribution in [0.2, 0.25) is 0 Å². The standard InChI is InChI=1S/C12H16O3/c13-6-8-15-12-3-1-10(2-4-12)11-5-7-14-9-11/h1-4,11,13H,5-9H2. The van der Waals surface area contributed by atoms with Gasteiger partial charge in [-0.2, -0.15) is 0 Å². The lowest BCUT2D eigenvalue weighted by Crippen LogP contribution is -2.02. The molecule has 2 rings (SSSR count). The second-order valence-electron chi connectivity index (χ2n) is 3.70. The van der Waals surface area contributed by atoms with E-state index in [2.05, 4.69) is 12.1 Å². The summed E-state index contributed by atoms with van der Waals surface area (Å²) in [5, 5.41) is 8.61. The fraction of sp³-hybridized carbons (Fsp3) is 0.500. The Hall–Kier alpha value is -1.06. The molecule has 1 aliphatic heterocycles. The van der Waals surface area contributed by atoms with Crippen molar-refractivity contribution in [2.75, 3.05) is 26.4 Å². The smallest absolute Gasteiger partial charge is 0.119 e. The molecule has 15 heavy (non-hydrogen) atoms. The lowest BCUT2D eigenvalue weighted by atomic mass is 9.99. The summed E-state index contributed by atoms with van der Waals surface area (Å²) >= 11 is 0. The van der Waals surface area contributed by atoms with Crippen molar-refractivity contribution in [3.05, 3.63) is 29.8 Å². The number of aliphatic hydroxyl groups excluding tert-OH is 1. The number of hydrogen-bond donors (Lipinski definition) is 1. The summed E-state index contributed by atoms with van der Waals surface area (Å²) in [5.41, 5.74) is 1.31. The molecule has 3 nitrogen and oxygen atoms in total. The zero-order valence-electron chi connectivity index (χ0n) is 8.69. The molecule has 1 aliphatic rings. The SMILES string of the molecule is OCCOc1ccc(C2CCOC2)cc1. The Morgan fingerprint density at radius 3 is 2.73 bits per heavy atom. The molecule has 0 spiro atoms. The molecule has 0 bridgehead atoms. The summed E-state index contributed by atoms with van der Waals surface area (Å²) in [4.78, 5) is 0. The van der Waals surface area contributed by atoms with Crippen molar-refractivity contribution in [2.45, 2.75) is 12.3 Å². The molecule has 0 aromatic heterocycles. The van der Waals surface area contributed by atoms with E-state index in [1.54, 1.807) is 0 Å². The van der Waals surface area contributed by atoms with E-state index in [4.69, 9.17) is 14.6 Å². The zero-order chi connectivity index (χ0) is 10.5. The summed E-state index contributed by atoms with van der Waals surface area (Å²) < 4.78 is 10.6. The van der Waals surface area contributed by atoms with Crippen LogP contribution in [0.15, 0.2) is 24.3 Å². The Morgan fingerprint density at radius 2 is 2.13 bits per heavy atom. The van der Waals surface area contributed by atoms with Crippen LogP contribution in [0.4, 0.5) is 0 Å². The Balaban J connectivity index is 1.96. The first-order valence-electron chi connectivity index (χ1n) is 5.31. The molecule has 0 amide bonds. The van der Waals surface area contributed by atoms with E-state index >= 15 is 0 Å². The molecule has 3 heteroatoms. The summed E-state index contributed by atoms with van der Waals surface area (Å²) in [6.45, 7) is 2.11. The van der Waals surface area contributed by atoms with Gasteiger partial charge in [0.2, 0.25) is 0 Å². The molecule has 1 N–H and O–H groups in total. The molecule has 0 radical (unpaired) electrons. The van der Waals surface area contributed by atoms with Crippen molar-refractivity contribution in [1.29, 1.82) is 0 Å². The van der Waals surface area contributed by atoms with Gasteiger partial charge in [0.1, 0.15) is 12.4 Å². The van der Waals surface area contributed by atoms with Crippen LogP contribution in [0.5, 0.6) is 5.75 Å². The van der Waals surface area contributed by atoms with Crippen molar-refractivity contribution in [3.63, 3.8) is 0 Å². The monoisotopic (exact) mass is 208 g/mol. The number of aliphatic hydroxyl groups is 1. The maximum atomic E-state index is 8.61. The molecule has 1 saturated heterocycles. The molecule has 1 atom stereocenters. The van der Waals surface area contributed by atoms with Gasteiger partial charge in [-0.3, -0.25) is 0 Å². The Kier molecular flexibility index (Phi) is 3.59. The average Bonchev–Trinajstić information content (AvgIpc) is 2.80. The van der Waals surface area contributed by atoms with Gasteiger partial charge in [-0.15, -0.1) is 0 Å². The van der Waals surface area contributed by atoms with Gasteiger partial charge >= 0.3 is 0 Å². The maximum absolute atomic E-state index is 8.61. The first-order valence-corrected chi connectivity index (χ1v) is 5.31. The summed E-state index contributed by atoms with van der Waals surface area (Å²) in [5.74, 6) is 1.35. The second kappa shape index (κ2) is 5.14. The van der Waals surface area contributed by atoms with E-state index < -0.39 is 0 Å². The van der Waals surface area contributed by atoms with Crippen LogP contribution < -0.4 is 4.74 Å². The highest BCUT2D eigenvalue weighted by Crippen LogP contribution is 2.26. The minimum absolute atomic E-state index is 0.0538. The third-order valence-electron chi connectivity index (χ3n) is 2.64. The molecule has 1 heterocycles. The van der Waals surface area contributed by atoms with Crippen LogP contribution in [-0.2, 0) is 4.74 Å². The number of hydrogen-bond acceptors (Lipinski definition) is 3. The molecule has 1 fully saturated rings. The molecular weight excluding hydrogens is 192 g/mol. The predicted octanol–water partition coefficient (Wildman–Crippen LogP) is 1.56. The molecule has 0 aliphatic carbocycles. The summed E-state index contributed by atoms with van der Waals surface area (Å²) in [7, 11) is 0. The lowest BCUT2D eigenvalue weighted by Gasteiger charge is -2.09. The van der Waals surface area contributed by atoms with Crippen molar-refractivity contribution in [1.82, 2.24) is 0 Å². The predicted molar refractivity (Wildman–Crippen MR) is 57.2 cm³/mol. The fourth-order valence-electron chi connectivity index (χ4n) is 1.80. The molecule has 82 valence electrons. The van der Waals surface area contributed by atoms with Crippen molar-refractivity contribution < 1.29 is 14.6 Å². The first kappa shape index (κ1) is 10.5. The van der Waals surface area contributed by atoms with E-state index in [-0.39, 0.29) is 6.61 Å². The second-order valence-corrected chi connectivity index (χ2v) is 3.70. The van der Waals surface area contributed by atoms with Crippen LogP contribution in [0.25, 0.3) is 0 Å². The van der Waals surface area contributed by atoms with Gasteiger partial charge in [0.25, 0.3) is 0 Å². The number of ether oxygens (including phenoxy) is 2. The maximum Gasteiger partial charge on any atom is 0.119 e. The van der Waals surface area contributed by atoms with Gasteiger partial charge < -0.3 is 14.6 Å². The van der Waals surface area contributed by atoms with Gasteiger partial charge in [-0.25, -0.2) is 0 Å². The summed E-state index contributed by atoms with van der Waals surface area (Å²) in [6, 6.07) is 8.05. The molecular formula is C12H16O3. The van der Waals surface area contributed by atoms with Crippen molar-refractivity contribution >= 4 is 0 Å². The van der Waals surface area contributed by atoms with E-state index in [1.807, 2.05) is 12.1 Å². The fourth-order valence-corrected chi connectivity index (χ4v) is 1.80. The minimum Gasteiger partial charge on any atom is -0.491 e. The lowest BCUT2D eigenvalue weighted by molar-refractivity contribution is 0.194. The number of benzene rings is 1. The van der Waals surface area contributed by atoms with E-state index in [0.29, 0.717) is 12.5 Å². The summed E-state index contributed by atoms with van der Waals surface area (Å²) in [6.07, 6.45) is 1.11. The molecule has 1 aromatic carbocycles. The van der Waals surface area contributed by atoms with E-state index in [0.717, 1.165) is 25.4 Å². The Bertz CT molecular complexity index is 288. The van der Waals surface area contributed by atoms with Gasteiger partial charge in [0.05, 0.1) is 13.2 Å². The quantitative estimate of drug-likeness (QED) is 0.816. The van der Waals surface area contributed by atoms with Crippen molar-refractivity contribution in [3.8, 4) is 5.75 Å². The van der Waals surface area contributed by atoms with Crippen LogP contribution in [0.3, 0.4) is 0 Å². The highest BCUT2D eigenvalue weighted by atomic mass is 16.5. The largest absolute Gasteiger partial charge is 0.491 e. The topological polar surface area (TPSA) is 38.7 Å². The van der Waals surface area contributed by atoms with Gasteiger partial charge in [-0.1, -0.05) is 12.1 Å². The van der Waals surface area contributed by atoms with Crippen LogP contribution in [0.1, 0.15) is 17.9 Å². The zero-order valence-corrected chi connectivity index (χ0v) is 8.69. The third kappa shape index (κ3) is 2.70.